The number of rotatable bonds is 6. The highest BCUT2D eigenvalue weighted by Gasteiger charge is 2.36. The number of carbonyl (C=O) groups is 1. The molecular formula is C16H32N2O2. The van der Waals surface area contributed by atoms with Crippen molar-refractivity contribution < 1.29 is 9.53 Å². The van der Waals surface area contributed by atoms with Crippen molar-refractivity contribution >= 4 is 5.91 Å². The topological polar surface area (TPSA) is 50.4 Å². The molecule has 4 nitrogen and oxygen atoms in total. The van der Waals surface area contributed by atoms with Crippen molar-refractivity contribution in [2.24, 2.45) is 11.3 Å². The van der Waals surface area contributed by atoms with Crippen LogP contribution in [-0.4, -0.2) is 37.2 Å². The van der Waals surface area contributed by atoms with Crippen molar-refractivity contribution in [2.45, 2.75) is 66.0 Å². The average molecular weight is 284 g/mol. The minimum atomic E-state index is -0.187. The predicted octanol–water partition coefficient (Wildman–Crippen LogP) is 2.33. The fourth-order valence-electron chi connectivity index (χ4n) is 3.14. The molecular weight excluding hydrogens is 252 g/mol. The molecule has 1 saturated heterocycles. The number of amides is 1. The van der Waals surface area contributed by atoms with Gasteiger partial charge in [0.15, 0.2) is 0 Å². The zero-order valence-corrected chi connectivity index (χ0v) is 14.0. The molecule has 0 aromatic rings. The number of nitrogens with one attached hydrogen (secondary N) is 2. The van der Waals surface area contributed by atoms with Crippen LogP contribution in [0.15, 0.2) is 0 Å². The van der Waals surface area contributed by atoms with Crippen molar-refractivity contribution in [3.05, 3.63) is 0 Å². The van der Waals surface area contributed by atoms with Gasteiger partial charge in [0, 0.05) is 11.6 Å². The molecule has 2 atom stereocenters. The highest BCUT2D eigenvalue weighted by atomic mass is 16.5. The lowest BCUT2D eigenvalue weighted by atomic mass is 9.81. The molecule has 1 heterocycles. The second-order valence-electron chi connectivity index (χ2n) is 7.82. The van der Waals surface area contributed by atoms with E-state index in [1.807, 2.05) is 0 Å². The van der Waals surface area contributed by atoms with E-state index in [1.54, 1.807) is 0 Å². The van der Waals surface area contributed by atoms with Gasteiger partial charge in [-0.15, -0.1) is 0 Å². The van der Waals surface area contributed by atoms with Gasteiger partial charge in [0.2, 0.25) is 5.91 Å². The molecule has 0 aliphatic carbocycles. The van der Waals surface area contributed by atoms with Crippen molar-refractivity contribution in [3.8, 4) is 0 Å². The second-order valence-corrected chi connectivity index (χ2v) is 7.82. The van der Waals surface area contributed by atoms with E-state index < -0.39 is 0 Å². The lowest BCUT2D eigenvalue weighted by Crippen LogP contribution is -2.52. The van der Waals surface area contributed by atoms with Gasteiger partial charge in [0.05, 0.1) is 19.1 Å². The molecule has 4 heteroatoms. The molecule has 1 fully saturated rings. The Hall–Kier alpha value is -0.610. The van der Waals surface area contributed by atoms with Crippen LogP contribution in [0.3, 0.4) is 0 Å². The monoisotopic (exact) mass is 284 g/mol. The van der Waals surface area contributed by atoms with Crippen LogP contribution >= 0.6 is 0 Å². The molecule has 0 saturated carbocycles. The Morgan fingerprint density at radius 1 is 1.20 bits per heavy atom. The maximum atomic E-state index is 12.5. The van der Waals surface area contributed by atoms with Gasteiger partial charge in [0.1, 0.15) is 0 Å². The Morgan fingerprint density at radius 3 is 2.40 bits per heavy atom. The summed E-state index contributed by atoms with van der Waals surface area (Å²) >= 11 is 0. The number of carbonyl (C=O) groups excluding carboxylic acids is 1. The standard InChI is InChI=1S/C16H32N2O2/c1-7-8-17-13-10-20-9-12(13)14(19)18-16(5,6)11-15(2,3)4/h12-13,17H,7-11H2,1-6H3,(H,18,19). The van der Waals surface area contributed by atoms with E-state index in [1.165, 1.54) is 0 Å². The van der Waals surface area contributed by atoms with E-state index in [2.05, 4.69) is 52.2 Å². The predicted molar refractivity (Wildman–Crippen MR) is 82.7 cm³/mol. The van der Waals surface area contributed by atoms with Gasteiger partial charge in [0.25, 0.3) is 0 Å². The lowest BCUT2D eigenvalue weighted by molar-refractivity contribution is -0.127. The maximum absolute atomic E-state index is 12.5. The Bertz CT molecular complexity index is 321. The third-order valence-corrected chi connectivity index (χ3v) is 3.51. The van der Waals surface area contributed by atoms with E-state index in [9.17, 15) is 4.79 Å². The molecule has 20 heavy (non-hydrogen) atoms. The second kappa shape index (κ2) is 6.90. The largest absolute Gasteiger partial charge is 0.379 e. The molecule has 2 N–H and O–H groups in total. The quantitative estimate of drug-likeness (QED) is 0.787. The first-order chi connectivity index (χ1) is 9.14. The van der Waals surface area contributed by atoms with Crippen LogP contribution in [0.5, 0.6) is 0 Å². The van der Waals surface area contributed by atoms with Gasteiger partial charge >= 0.3 is 0 Å². The van der Waals surface area contributed by atoms with Gasteiger partial charge in [-0.1, -0.05) is 27.7 Å². The molecule has 118 valence electrons. The van der Waals surface area contributed by atoms with Gasteiger partial charge in [-0.3, -0.25) is 4.79 Å². The summed E-state index contributed by atoms with van der Waals surface area (Å²) < 4.78 is 5.48. The molecule has 1 rings (SSSR count). The summed E-state index contributed by atoms with van der Waals surface area (Å²) in [6.07, 6.45) is 2.02. The summed E-state index contributed by atoms with van der Waals surface area (Å²) in [7, 11) is 0. The number of hydrogen-bond donors (Lipinski definition) is 2. The highest BCUT2D eigenvalue weighted by molar-refractivity contribution is 5.80. The molecule has 0 aromatic carbocycles. The normalized spacial score (nSPS) is 23.9. The Kier molecular flexibility index (Phi) is 6.02. The first-order valence-corrected chi connectivity index (χ1v) is 7.78. The first kappa shape index (κ1) is 17.4. The third kappa shape index (κ3) is 5.80. The molecule has 0 radical (unpaired) electrons. The van der Waals surface area contributed by atoms with Crippen molar-refractivity contribution in [2.75, 3.05) is 19.8 Å². The summed E-state index contributed by atoms with van der Waals surface area (Å²) in [4.78, 5) is 12.5. The van der Waals surface area contributed by atoms with Crippen LogP contribution in [0, 0.1) is 11.3 Å². The molecule has 1 aliphatic rings. The van der Waals surface area contributed by atoms with Gasteiger partial charge in [-0.05, 0) is 38.6 Å². The third-order valence-electron chi connectivity index (χ3n) is 3.51. The van der Waals surface area contributed by atoms with Crippen LogP contribution < -0.4 is 10.6 Å². The number of ether oxygens (including phenoxy) is 1. The minimum absolute atomic E-state index is 0.0687. The van der Waals surface area contributed by atoms with Gasteiger partial charge < -0.3 is 15.4 Å². The Labute approximate surface area is 124 Å². The molecule has 0 spiro atoms. The summed E-state index contributed by atoms with van der Waals surface area (Å²) in [5.74, 6) is 0.0474. The fraction of sp³-hybridized carbons (Fsp3) is 0.938. The van der Waals surface area contributed by atoms with E-state index in [4.69, 9.17) is 4.74 Å². The van der Waals surface area contributed by atoms with E-state index in [0.717, 1.165) is 19.4 Å². The molecule has 1 amide bonds. The van der Waals surface area contributed by atoms with Crippen LogP contribution in [0.4, 0.5) is 0 Å². The maximum Gasteiger partial charge on any atom is 0.227 e. The summed E-state index contributed by atoms with van der Waals surface area (Å²) in [6, 6.07) is 0.153. The van der Waals surface area contributed by atoms with Crippen LogP contribution in [0.2, 0.25) is 0 Å². The highest BCUT2D eigenvalue weighted by Crippen LogP contribution is 2.27. The van der Waals surface area contributed by atoms with Crippen molar-refractivity contribution in [1.29, 1.82) is 0 Å². The van der Waals surface area contributed by atoms with Crippen molar-refractivity contribution in [1.82, 2.24) is 10.6 Å². The Balaban J connectivity index is 2.56. The van der Waals surface area contributed by atoms with Gasteiger partial charge in [-0.2, -0.15) is 0 Å². The zero-order chi connectivity index (χ0) is 15.4. The molecule has 1 aliphatic heterocycles. The van der Waals surface area contributed by atoms with Crippen molar-refractivity contribution in [3.63, 3.8) is 0 Å². The minimum Gasteiger partial charge on any atom is -0.379 e. The SMILES string of the molecule is CCCNC1COCC1C(=O)NC(C)(C)CC(C)(C)C. The van der Waals surface area contributed by atoms with E-state index in [0.29, 0.717) is 13.2 Å². The zero-order valence-electron chi connectivity index (χ0n) is 14.0. The first-order valence-electron chi connectivity index (χ1n) is 7.78. The molecule has 0 bridgehead atoms. The summed E-state index contributed by atoms with van der Waals surface area (Å²) in [5.41, 5.74) is 0.00997. The number of hydrogen-bond acceptors (Lipinski definition) is 3. The van der Waals surface area contributed by atoms with E-state index >= 15 is 0 Å². The van der Waals surface area contributed by atoms with Crippen LogP contribution in [-0.2, 0) is 9.53 Å². The summed E-state index contributed by atoms with van der Waals surface area (Å²) in [5, 5.41) is 6.61. The smallest absolute Gasteiger partial charge is 0.227 e. The van der Waals surface area contributed by atoms with Crippen LogP contribution in [0.1, 0.15) is 54.4 Å². The molecule has 2 unspecified atom stereocenters. The average Bonchev–Trinajstić information content (AvgIpc) is 2.69. The lowest BCUT2D eigenvalue weighted by Gasteiger charge is -2.34. The molecule has 0 aromatic heterocycles. The van der Waals surface area contributed by atoms with E-state index in [-0.39, 0.29) is 28.8 Å². The fourth-order valence-corrected chi connectivity index (χ4v) is 3.14. The van der Waals surface area contributed by atoms with Crippen LogP contribution in [0.25, 0.3) is 0 Å². The van der Waals surface area contributed by atoms with Gasteiger partial charge in [-0.25, -0.2) is 0 Å². The Morgan fingerprint density at radius 2 is 1.85 bits per heavy atom. The summed E-state index contributed by atoms with van der Waals surface area (Å²) in [6.45, 7) is 15.0.